The largest absolute Gasteiger partial charge is 0.360 e. The van der Waals surface area contributed by atoms with E-state index in [0.29, 0.717) is 12.1 Å². The van der Waals surface area contributed by atoms with E-state index in [4.69, 9.17) is 12.2 Å². The minimum Gasteiger partial charge on any atom is -0.360 e. The second-order valence-electron chi connectivity index (χ2n) is 7.22. The molecule has 1 atom stereocenters. The average Bonchev–Trinajstić information content (AvgIpc) is 3.02. The zero-order valence-electron chi connectivity index (χ0n) is 14.6. The number of nitrogens with one attached hydrogen (secondary N) is 1. The van der Waals surface area contributed by atoms with E-state index in [9.17, 15) is 0 Å². The quantitative estimate of drug-likeness (QED) is 0.837. The van der Waals surface area contributed by atoms with Crippen LogP contribution in [0.4, 0.5) is 0 Å². The summed E-state index contributed by atoms with van der Waals surface area (Å²) in [4.78, 5) is 4.81. The molecular formula is C19H29N3S. The molecule has 23 heavy (non-hydrogen) atoms. The Labute approximate surface area is 146 Å². The van der Waals surface area contributed by atoms with Crippen molar-refractivity contribution < 1.29 is 0 Å². The molecule has 3 rings (SSSR count). The van der Waals surface area contributed by atoms with Gasteiger partial charge in [0, 0.05) is 12.6 Å². The Morgan fingerprint density at radius 2 is 1.83 bits per heavy atom. The van der Waals surface area contributed by atoms with E-state index in [1.165, 1.54) is 55.5 Å². The molecule has 0 radical (unpaired) electrons. The Morgan fingerprint density at radius 3 is 2.52 bits per heavy atom. The predicted octanol–water partition coefficient (Wildman–Crippen LogP) is 3.41. The van der Waals surface area contributed by atoms with Crippen LogP contribution in [0.15, 0.2) is 18.2 Å². The van der Waals surface area contributed by atoms with Gasteiger partial charge in [0.2, 0.25) is 0 Å². The highest BCUT2D eigenvalue weighted by atomic mass is 32.1. The van der Waals surface area contributed by atoms with Crippen molar-refractivity contribution in [1.29, 1.82) is 0 Å². The van der Waals surface area contributed by atoms with Crippen LogP contribution in [0.2, 0.25) is 0 Å². The first-order chi connectivity index (χ1) is 11.0. The van der Waals surface area contributed by atoms with Crippen LogP contribution in [0.1, 0.15) is 48.4 Å². The molecule has 2 fully saturated rings. The molecule has 2 aliphatic heterocycles. The molecule has 0 saturated carbocycles. The number of piperidine rings is 1. The maximum atomic E-state index is 5.76. The molecule has 1 aromatic carbocycles. The van der Waals surface area contributed by atoms with E-state index in [1.807, 2.05) is 0 Å². The summed E-state index contributed by atoms with van der Waals surface area (Å²) < 4.78 is 0. The number of hydrogen-bond acceptors (Lipinski definition) is 2. The molecule has 0 aromatic heterocycles. The lowest BCUT2D eigenvalue weighted by Gasteiger charge is -2.34. The summed E-state index contributed by atoms with van der Waals surface area (Å²) in [5.41, 5.74) is 4.16. The fourth-order valence-electron chi connectivity index (χ4n) is 3.74. The molecule has 2 saturated heterocycles. The van der Waals surface area contributed by atoms with Gasteiger partial charge >= 0.3 is 0 Å². The van der Waals surface area contributed by atoms with E-state index in [2.05, 4.69) is 54.2 Å². The first kappa shape index (κ1) is 16.7. The van der Waals surface area contributed by atoms with E-state index < -0.39 is 0 Å². The molecule has 1 aromatic rings. The molecule has 0 bridgehead atoms. The van der Waals surface area contributed by atoms with E-state index in [0.717, 1.165) is 11.7 Å². The van der Waals surface area contributed by atoms with Gasteiger partial charge in [-0.2, -0.15) is 0 Å². The smallest absolute Gasteiger partial charge is 0.169 e. The highest BCUT2D eigenvalue weighted by molar-refractivity contribution is 7.80. The standard InChI is InChI=1S/C19H29N3S/c1-14-6-7-16(13-15(14)2)18-5-4-10-22(18)19(23)20-17-8-11-21(3)12-9-17/h6-7,13,17-18H,4-5,8-12H2,1-3H3,(H,20,23)/t18-/m1/s1. The zero-order chi connectivity index (χ0) is 16.4. The van der Waals surface area contributed by atoms with Crippen LogP contribution in [0.25, 0.3) is 0 Å². The number of likely N-dealkylation sites (tertiary alicyclic amines) is 2. The number of aryl methyl sites for hydroxylation is 2. The SMILES string of the molecule is Cc1ccc([C@H]2CCCN2C(=S)NC2CCN(C)CC2)cc1C. The van der Waals surface area contributed by atoms with Crippen molar-refractivity contribution in [3.8, 4) is 0 Å². The Balaban J connectivity index is 1.66. The van der Waals surface area contributed by atoms with Crippen LogP contribution in [-0.4, -0.2) is 47.6 Å². The molecule has 3 nitrogen and oxygen atoms in total. The number of benzene rings is 1. The van der Waals surface area contributed by atoms with Crippen molar-refractivity contribution in [1.82, 2.24) is 15.1 Å². The maximum Gasteiger partial charge on any atom is 0.169 e. The molecule has 126 valence electrons. The van der Waals surface area contributed by atoms with Gasteiger partial charge in [-0.05, 0) is 88.6 Å². The molecule has 0 spiro atoms. The normalized spacial score (nSPS) is 23.3. The summed E-state index contributed by atoms with van der Waals surface area (Å²) in [6.07, 6.45) is 4.82. The van der Waals surface area contributed by atoms with E-state index in [1.54, 1.807) is 0 Å². The van der Waals surface area contributed by atoms with E-state index >= 15 is 0 Å². The van der Waals surface area contributed by atoms with Gasteiger partial charge in [-0.1, -0.05) is 18.2 Å². The summed E-state index contributed by atoms with van der Waals surface area (Å²) >= 11 is 5.76. The van der Waals surface area contributed by atoms with Gasteiger partial charge in [0.05, 0.1) is 6.04 Å². The fraction of sp³-hybridized carbons (Fsp3) is 0.632. The molecule has 0 unspecified atom stereocenters. The van der Waals surface area contributed by atoms with Gasteiger partial charge in [0.15, 0.2) is 5.11 Å². The third-order valence-corrected chi connectivity index (χ3v) is 5.83. The lowest BCUT2D eigenvalue weighted by Crippen LogP contribution is -2.48. The van der Waals surface area contributed by atoms with Crippen LogP contribution in [0.5, 0.6) is 0 Å². The summed E-state index contributed by atoms with van der Waals surface area (Å²) in [5, 5.41) is 4.60. The Hall–Kier alpha value is -1.13. The Morgan fingerprint density at radius 1 is 1.09 bits per heavy atom. The maximum absolute atomic E-state index is 5.76. The highest BCUT2D eigenvalue weighted by Crippen LogP contribution is 2.33. The number of hydrogen-bond donors (Lipinski definition) is 1. The lowest BCUT2D eigenvalue weighted by molar-refractivity contribution is 0.243. The zero-order valence-corrected chi connectivity index (χ0v) is 15.5. The average molecular weight is 332 g/mol. The second kappa shape index (κ2) is 7.18. The Bertz CT molecular complexity index is 564. The van der Waals surface area contributed by atoms with Gasteiger partial charge in [-0.15, -0.1) is 0 Å². The Kier molecular flexibility index (Phi) is 5.22. The first-order valence-corrected chi connectivity index (χ1v) is 9.28. The monoisotopic (exact) mass is 331 g/mol. The molecule has 1 N–H and O–H groups in total. The van der Waals surface area contributed by atoms with Crippen LogP contribution < -0.4 is 5.32 Å². The molecule has 0 amide bonds. The third-order valence-electron chi connectivity index (χ3n) is 5.48. The third kappa shape index (κ3) is 3.86. The summed E-state index contributed by atoms with van der Waals surface area (Å²) in [5.74, 6) is 0. The molecule has 0 aliphatic carbocycles. The molecule has 2 aliphatic rings. The van der Waals surface area contributed by atoms with Crippen molar-refractivity contribution in [2.45, 2.75) is 51.6 Å². The van der Waals surface area contributed by atoms with Crippen LogP contribution >= 0.6 is 12.2 Å². The number of thiocarbonyl (C=S) groups is 1. The minimum absolute atomic E-state index is 0.445. The molecule has 2 heterocycles. The first-order valence-electron chi connectivity index (χ1n) is 8.87. The van der Waals surface area contributed by atoms with Gasteiger partial charge in [0.25, 0.3) is 0 Å². The number of nitrogens with zero attached hydrogens (tertiary/aromatic N) is 2. The van der Waals surface area contributed by atoms with Crippen LogP contribution in [0.3, 0.4) is 0 Å². The van der Waals surface area contributed by atoms with Gasteiger partial charge < -0.3 is 15.1 Å². The van der Waals surface area contributed by atoms with Crippen LogP contribution in [-0.2, 0) is 0 Å². The van der Waals surface area contributed by atoms with Crippen molar-refractivity contribution in [3.63, 3.8) is 0 Å². The lowest BCUT2D eigenvalue weighted by atomic mass is 9.99. The van der Waals surface area contributed by atoms with Crippen molar-refractivity contribution in [3.05, 3.63) is 34.9 Å². The fourth-order valence-corrected chi connectivity index (χ4v) is 4.12. The predicted molar refractivity (Wildman–Crippen MR) is 101 cm³/mol. The topological polar surface area (TPSA) is 18.5 Å². The number of rotatable bonds is 2. The van der Waals surface area contributed by atoms with Gasteiger partial charge in [-0.25, -0.2) is 0 Å². The molecular weight excluding hydrogens is 302 g/mol. The van der Waals surface area contributed by atoms with Crippen molar-refractivity contribution >= 4 is 17.3 Å². The second-order valence-corrected chi connectivity index (χ2v) is 7.61. The highest BCUT2D eigenvalue weighted by Gasteiger charge is 2.29. The van der Waals surface area contributed by atoms with Crippen molar-refractivity contribution in [2.75, 3.05) is 26.7 Å². The van der Waals surface area contributed by atoms with Gasteiger partial charge in [-0.3, -0.25) is 0 Å². The summed E-state index contributed by atoms with van der Waals surface area (Å²) in [6, 6.07) is 7.86. The van der Waals surface area contributed by atoms with Crippen LogP contribution in [0, 0.1) is 13.8 Å². The van der Waals surface area contributed by atoms with E-state index in [-0.39, 0.29) is 0 Å². The van der Waals surface area contributed by atoms with Crippen molar-refractivity contribution in [2.24, 2.45) is 0 Å². The summed E-state index contributed by atoms with van der Waals surface area (Å²) in [6.45, 7) is 7.79. The minimum atomic E-state index is 0.445. The molecule has 4 heteroatoms. The van der Waals surface area contributed by atoms with Gasteiger partial charge in [0.1, 0.15) is 0 Å². The summed E-state index contributed by atoms with van der Waals surface area (Å²) in [7, 11) is 2.20.